The van der Waals surface area contributed by atoms with Crippen LogP contribution < -0.4 is 5.32 Å². The molecule has 0 fully saturated rings. The van der Waals surface area contributed by atoms with Gasteiger partial charge in [0.05, 0.1) is 4.47 Å². The van der Waals surface area contributed by atoms with E-state index in [1.54, 1.807) is 6.07 Å². The lowest BCUT2D eigenvalue weighted by Crippen LogP contribution is -2.22. The highest BCUT2D eigenvalue weighted by Gasteiger charge is 2.17. The summed E-state index contributed by atoms with van der Waals surface area (Å²) in [5.41, 5.74) is 1.41. The minimum absolute atomic E-state index is 0.00561. The molecule has 0 radical (unpaired) electrons. The second-order valence-electron chi connectivity index (χ2n) is 4.82. The van der Waals surface area contributed by atoms with E-state index in [-0.39, 0.29) is 17.6 Å². The van der Waals surface area contributed by atoms with Crippen LogP contribution in [0.5, 0.6) is 0 Å². The standard InChI is InChI=1S/C15H21BrFNO/c1-4-6-7-11(5-2)15(19)18-14-9-13(17)12(16)8-10(14)3/h8-9,11H,4-7H2,1-3H3,(H,18,19). The Kier molecular flexibility index (Phi) is 6.49. The molecule has 0 aliphatic heterocycles. The van der Waals surface area contributed by atoms with Gasteiger partial charge in [-0.2, -0.15) is 0 Å². The van der Waals surface area contributed by atoms with Crippen molar-refractivity contribution in [1.29, 1.82) is 0 Å². The van der Waals surface area contributed by atoms with Crippen molar-refractivity contribution in [1.82, 2.24) is 0 Å². The number of hydrogen-bond donors (Lipinski definition) is 1. The molecular formula is C15H21BrFNO. The maximum Gasteiger partial charge on any atom is 0.227 e. The van der Waals surface area contributed by atoms with Gasteiger partial charge in [0.2, 0.25) is 5.91 Å². The minimum Gasteiger partial charge on any atom is -0.326 e. The highest BCUT2D eigenvalue weighted by Crippen LogP contribution is 2.25. The molecule has 1 aromatic carbocycles. The van der Waals surface area contributed by atoms with Crippen molar-refractivity contribution in [3.63, 3.8) is 0 Å². The number of benzene rings is 1. The third kappa shape index (κ3) is 4.60. The normalized spacial score (nSPS) is 12.3. The number of carbonyl (C=O) groups is 1. The Bertz CT molecular complexity index is 448. The molecule has 106 valence electrons. The predicted molar refractivity (Wildman–Crippen MR) is 80.8 cm³/mol. The van der Waals surface area contributed by atoms with E-state index in [1.807, 2.05) is 13.8 Å². The van der Waals surface area contributed by atoms with Crippen molar-refractivity contribution in [3.8, 4) is 0 Å². The Balaban J connectivity index is 2.78. The molecule has 19 heavy (non-hydrogen) atoms. The van der Waals surface area contributed by atoms with E-state index < -0.39 is 0 Å². The lowest BCUT2D eigenvalue weighted by Gasteiger charge is -2.16. The molecule has 1 amide bonds. The summed E-state index contributed by atoms with van der Waals surface area (Å²) in [5, 5.41) is 2.84. The zero-order valence-electron chi connectivity index (χ0n) is 11.7. The van der Waals surface area contributed by atoms with E-state index in [2.05, 4.69) is 28.2 Å². The first-order valence-electron chi connectivity index (χ1n) is 6.76. The first-order chi connectivity index (χ1) is 8.99. The molecule has 1 aromatic rings. The van der Waals surface area contributed by atoms with Gasteiger partial charge in [0.15, 0.2) is 0 Å². The van der Waals surface area contributed by atoms with Gasteiger partial charge in [0.25, 0.3) is 0 Å². The van der Waals surface area contributed by atoms with Crippen LogP contribution in [0.15, 0.2) is 16.6 Å². The van der Waals surface area contributed by atoms with Gasteiger partial charge < -0.3 is 5.32 Å². The number of unbranched alkanes of at least 4 members (excludes halogenated alkanes) is 1. The molecule has 0 aliphatic rings. The maximum atomic E-state index is 13.5. The average molecular weight is 330 g/mol. The van der Waals surface area contributed by atoms with Crippen LogP contribution in [0, 0.1) is 18.7 Å². The molecule has 2 nitrogen and oxygen atoms in total. The van der Waals surface area contributed by atoms with Gasteiger partial charge in [-0.1, -0.05) is 26.7 Å². The first kappa shape index (κ1) is 16.2. The SMILES string of the molecule is CCCCC(CC)C(=O)Nc1cc(F)c(Br)cc1C. The summed E-state index contributed by atoms with van der Waals surface area (Å²) >= 11 is 3.14. The van der Waals surface area contributed by atoms with Crippen LogP contribution >= 0.6 is 15.9 Å². The number of halogens is 2. The summed E-state index contributed by atoms with van der Waals surface area (Å²) in [6, 6.07) is 3.04. The fourth-order valence-electron chi connectivity index (χ4n) is 1.99. The van der Waals surface area contributed by atoms with Gasteiger partial charge in [0.1, 0.15) is 5.82 Å². The number of anilines is 1. The zero-order valence-corrected chi connectivity index (χ0v) is 13.3. The van der Waals surface area contributed by atoms with E-state index in [1.165, 1.54) is 6.07 Å². The summed E-state index contributed by atoms with van der Waals surface area (Å²) in [7, 11) is 0. The topological polar surface area (TPSA) is 29.1 Å². The van der Waals surface area contributed by atoms with Gasteiger partial charge in [-0.05, 0) is 53.4 Å². The minimum atomic E-state index is -0.359. The van der Waals surface area contributed by atoms with Crippen LogP contribution in [-0.4, -0.2) is 5.91 Å². The van der Waals surface area contributed by atoms with Crippen LogP contribution in [0.2, 0.25) is 0 Å². The van der Waals surface area contributed by atoms with E-state index in [0.717, 1.165) is 31.2 Å². The van der Waals surface area contributed by atoms with Crippen LogP contribution in [0.3, 0.4) is 0 Å². The smallest absolute Gasteiger partial charge is 0.227 e. The van der Waals surface area contributed by atoms with Crippen molar-refractivity contribution in [2.24, 2.45) is 5.92 Å². The number of carbonyl (C=O) groups excluding carboxylic acids is 1. The largest absolute Gasteiger partial charge is 0.326 e. The molecule has 4 heteroatoms. The summed E-state index contributed by atoms with van der Waals surface area (Å²) < 4.78 is 13.9. The Morgan fingerprint density at radius 2 is 2.11 bits per heavy atom. The van der Waals surface area contributed by atoms with Crippen molar-refractivity contribution in [2.75, 3.05) is 5.32 Å². The third-order valence-corrected chi connectivity index (χ3v) is 3.90. The predicted octanol–water partition coefficient (Wildman–Crippen LogP) is 5.05. The molecule has 0 saturated carbocycles. The van der Waals surface area contributed by atoms with Gasteiger partial charge >= 0.3 is 0 Å². The molecule has 1 rings (SSSR count). The van der Waals surface area contributed by atoms with E-state index >= 15 is 0 Å². The van der Waals surface area contributed by atoms with Gasteiger partial charge in [-0.3, -0.25) is 4.79 Å². The molecule has 1 N–H and O–H groups in total. The molecule has 0 heterocycles. The van der Waals surface area contributed by atoms with E-state index in [4.69, 9.17) is 0 Å². The average Bonchev–Trinajstić information content (AvgIpc) is 2.37. The Labute approximate surface area is 122 Å². The van der Waals surface area contributed by atoms with Gasteiger partial charge in [0, 0.05) is 11.6 Å². The number of hydrogen-bond acceptors (Lipinski definition) is 1. The lowest BCUT2D eigenvalue weighted by molar-refractivity contribution is -0.120. The summed E-state index contributed by atoms with van der Waals surface area (Å²) in [5.74, 6) is -0.366. The maximum absolute atomic E-state index is 13.5. The van der Waals surface area contributed by atoms with Crippen LogP contribution in [0.1, 0.15) is 45.1 Å². The molecule has 0 saturated heterocycles. The number of amides is 1. The Hall–Kier alpha value is -0.900. The summed E-state index contributed by atoms with van der Waals surface area (Å²) in [6.45, 7) is 5.97. The summed E-state index contributed by atoms with van der Waals surface area (Å²) in [4.78, 5) is 12.2. The molecule has 0 spiro atoms. The monoisotopic (exact) mass is 329 g/mol. The number of rotatable bonds is 6. The number of nitrogens with one attached hydrogen (secondary N) is 1. The van der Waals surface area contributed by atoms with Crippen LogP contribution in [0.25, 0.3) is 0 Å². The quantitative estimate of drug-likeness (QED) is 0.777. The molecular weight excluding hydrogens is 309 g/mol. The van der Waals surface area contributed by atoms with Crippen molar-refractivity contribution < 1.29 is 9.18 Å². The molecule has 1 atom stereocenters. The fourth-order valence-corrected chi connectivity index (χ4v) is 2.44. The van der Waals surface area contributed by atoms with Gasteiger partial charge in [-0.15, -0.1) is 0 Å². The highest BCUT2D eigenvalue weighted by molar-refractivity contribution is 9.10. The van der Waals surface area contributed by atoms with E-state index in [9.17, 15) is 9.18 Å². The highest BCUT2D eigenvalue weighted by atomic mass is 79.9. The van der Waals surface area contributed by atoms with Gasteiger partial charge in [-0.25, -0.2) is 4.39 Å². The zero-order chi connectivity index (χ0) is 14.4. The third-order valence-electron chi connectivity index (χ3n) is 3.29. The van der Waals surface area contributed by atoms with Crippen molar-refractivity contribution in [2.45, 2.75) is 46.5 Å². The fraction of sp³-hybridized carbons (Fsp3) is 0.533. The molecule has 0 bridgehead atoms. The Morgan fingerprint density at radius 1 is 1.42 bits per heavy atom. The summed E-state index contributed by atoms with van der Waals surface area (Å²) in [6.07, 6.45) is 3.82. The van der Waals surface area contributed by atoms with Crippen LogP contribution in [-0.2, 0) is 4.79 Å². The molecule has 0 aromatic heterocycles. The second-order valence-corrected chi connectivity index (χ2v) is 5.67. The van der Waals surface area contributed by atoms with Crippen LogP contribution in [0.4, 0.5) is 10.1 Å². The molecule has 1 unspecified atom stereocenters. The first-order valence-corrected chi connectivity index (χ1v) is 7.55. The van der Waals surface area contributed by atoms with Crippen molar-refractivity contribution in [3.05, 3.63) is 28.0 Å². The van der Waals surface area contributed by atoms with Crippen molar-refractivity contribution >= 4 is 27.5 Å². The lowest BCUT2D eigenvalue weighted by atomic mass is 9.98. The second kappa shape index (κ2) is 7.63. The number of aryl methyl sites for hydroxylation is 1. The van der Waals surface area contributed by atoms with E-state index in [0.29, 0.717) is 10.2 Å². The Morgan fingerprint density at radius 3 is 2.68 bits per heavy atom. The molecule has 0 aliphatic carbocycles.